The molecule has 0 saturated heterocycles. The van der Waals surface area contributed by atoms with Crippen molar-refractivity contribution in [2.75, 3.05) is 82.4 Å². The summed E-state index contributed by atoms with van der Waals surface area (Å²) in [5.74, 6) is 2.10. The van der Waals surface area contributed by atoms with E-state index in [-0.39, 0.29) is 0 Å². The number of nitrogens with zero attached hydrogens (tertiary/aromatic N) is 2. The third-order valence-electron chi connectivity index (χ3n) is 4.65. The number of hydrogen-bond acceptors (Lipinski definition) is 10. The first kappa shape index (κ1) is 36.0. The van der Waals surface area contributed by atoms with Crippen molar-refractivity contribution < 1.29 is 26.6 Å². The molecule has 0 aliphatic rings. The molecule has 0 amide bonds. The smallest absolute Gasteiger partial charge is 0.377 e. The molecule has 0 aromatic heterocycles. The molecule has 0 radical (unpaired) electrons. The van der Waals surface area contributed by atoms with Gasteiger partial charge >= 0.3 is 17.6 Å². The molecule has 0 aromatic rings. The molecule has 0 aliphatic heterocycles. The van der Waals surface area contributed by atoms with Crippen LogP contribution in [0.1, 0.15) is 12.8 Å². The van der Waals surface area contributed by atoms with Crippen LogP contribution in [-0.4, -0.2) is 118 Å². The van der Waals surface area contributed by atoms with Gasteiger partial charge in [-0.25, -0.2) is 0 Å². The largest absolute Gasteiger partial charge is 0.500 e. The van der Waals surface area contributed by atoms with E-state index in [9.17, 15) is 0 Å². The van der Waals surface area contributed by atoms with E-state index in [0.717, 1.165) is 36.4 Å². The van der Waals surface area contributed by atoms with Crippen LogP contribution in [-0.2, 0) is 26.6 Å². The van der Waals surface area contributed by atoms with Gasteiger partial charge < -0.3 is 26.6 Å². The fourth-order valence-corrected chi connectivity index (χ4v) is 16.8. The molecule has 0 heterocycles. The zero-order valence-corrected chi connectivity index (χ0v) is 29.2. The summed E-state index contributed by atoms with van der Waals surface area (Å²) in [5.41, 5.74) is 0. The van der Waals surface area contributed by atoms with E-state index in [4.69, 9.17) is 26.6 Å². The third-order valence-corrected chi connectivity index (χ3v) is 20.8. The Labute approximate surface area is 232 Å². The van der Waals surface area contributed by atoms with Crippen LogP contribution < -0.4 is 0 Å². The Kier molecular flexibility index (Phi) is 22.1. The van der Waals surface area contributed by atoms with Gasteiger partial charge in [0.2, 0.25) is 0 Å². The molecule has 0 rings (SSSR count). The lowest BCUT2D eigenvalue weighted by Gasteiger charge is -2.24. The van der Waals surface area contributed by atoms with Gasteiger partial charge in [-0.1, -0.05) is 0 Å². The maximum absolute atomic E-state index is 5.52. The van der Waals surface area contributed by atoms with Gasteiger partial charge in [0.05, 0.1) is 8.64 Å². The highest BCUT2D eigenvalue weighted by Crippen LogP contribution is 2.45. The van der Waals surface area contributed by atoms with Gasteiger partial charge in [-0.15, -0.1) is 0 Å². The highest BCUT2D eigenvalue weighted by atomic mass is 33.7. The summed E-state index contributed by atoms with van der Waals surface area (Å²) in [6.45, 7) is 0. The monoisotopic (exact) mass is 632 g/mol. The molecule has 0 aliphatic carbocycles. The quantitative estimate of drug-likeness (QED) is 0.0785. The normalized spacial score (nSPS) is 14.5. The second kappa shape index (κ2) is 20.9. The Bertz CT molecular complexity index is 533. The van der Waals surface area contributed by atoms with Crippen LogP contribution in [0.4, 0.5) is 0 Å². The van der Waals surface area contributed by atoms with Gasteiger partial charge in [0.25, 0.3) is 0 Å². The average molecular weight is 633 g/mol. The fraction of sp³-hybridized carbons (Fsp3) is 0.889. The van der Waals surface area contributed by atoms with Gasteiger partial charge in [0, 0.05) is 54.7 Å². The van der Waals surface area contributed by atoms with E-state index in [2.05, 4.69) is 38.0 Å². The minimum absolute atomic E-state index is 0.829. The summed E-state index contributed by atoms with van der Waals surface area (Å²) in [4.78, 5) is 4.40. The molecule has 0 unspecified atom stereocenters. The van der Waals surface area contributed by atoms with Crippen LogP contribution in [0, 0.1) is 0 Å². The molecule has 206 valence electrons. The van der Waals surface area contributed by atoms with Crippen molar-refractivity contribution in [3.63, 3.8) is 0 Å². The van der Waals surface area contributed by atoms with Gasteiger partial charge in [0.1, 0.15) is 0 Å². The third kappa shape index (κ3) is 14.2. The van der Waals surface area contributed by atoms with Crippen molar-refractivity contribution in [2.24, 2.45) is 0 Å². The molecular weight excluding hydrogens is 589 g/mol. The van der Waals surface area contributed by atoms with Crippen LogP contribution in [0.3, 0.4) is 0 Å². The SMILES string of the molecule is CO[Si](CCC[SH]=C(SSSSC(=[SH]CCC[Si](OC)(OC)OC)N(C)C)N(C)C)(OC)OC. The Balaban J connectivity index is 4.60. The fourth-order valence-electron chi connectivity index (χ4n) is 2.63. The number of rotatable bonds is 17. The van der Waals surface area contributed by atoms with Crippen molar-refractivity contribution in [1.29, 1.82) is 0 Å². The lowest BCUT2D eigenvalue weighted by molar-refractivity contribution is 0.123. The predicted molar refractivity (Wildman–Crippen MR) is 168 cm³/mol. The van der Waals surface area contributed by atoms with Gasteiger partial charge in [-0.3, -0.25) is 9.80 Å². The summed E-state index contributed by atoms with van der Waals surface area (Å²) in [6, 6.07) is 1.66. The molecule has 16 heteroatoms. The predicted octanol–water partition coefficient (Wildman–Crippen LogP) is 4.43. The van der Waals surface area contributed by atoms with Crippen LogP contribution in [0.2, 0.25) is 12.1 Å². The maximum atomic E-state index is 5.52. The Morgan fingerprint density at radius 1 is 0.588 bits per heavy atom. The first-order valence-electron chi connectivity index (χ1n) is 10.6. The Morgan fingerprint density at radius 3 is 1.12 bits per heavy atom. The van der Waals surface area contributed by atoms with Gasteiger partial charge in [-0.2, -0.15) is 22.7 Å². The standard InChI is InChI=1S/C18H44N2O6S6Si2/c1-19(2)17(27-13-11-15-33(21-5,22-6)23-7)29-31-32-30-18(20(3)4)28-14-12-16-34(24-8,25-9)26-10/h27-28H,11-16H2,1-10H3. The van der Waals surface area contributed by atoms with E-state index in [1.54, 1.807) is 42.7 Å². The summed E-state index contributed by atoms with van der Waals surface area (Å²) in [7, 11) is 20.7. The summed E-state index contributed by atoms with van der Waals surface area (Å²) in [5, 5.41) is 0. The zero-order valence-electron chi connectivity index (χ0n) is 22.1. The maximum Gasteiger partial charge on any atom is 0.500 e. The average Bonchev–Trinajstić information content (AvgIpc) is 2.84. The minimum Gasteiger partial charge on any atom is -0.377 e. The van der Waals surface area contributed by atoms with Crippen LogP contribution in [0.25, 0.3) is 0 Å². The first-order valence-corrected chi connectivity index (χ1v) is 21.4. The minimum atomic E-state index is -2.48. The van der Waals surface area contributed by atoms with Crippen LogP contribution in [0.5, 0.6) is 0 Å². The van der Waals surface area contributed by atoms with Crippen LogP contribution >= 0.6 is 63.9 Å². The highest BCUT2D eigenvalue weighted by molar-refractivity contribution is 9.29. The topological polar surface area (TPSA) is 61.9 Å². The van der Waals surface area contributed by atoms with E-state index in [0.29, 0.717) is 0 Å². The van der Waals surface area contributed by atoms with Crippen molar-refractivity contribution in [3.05, 3.63) is 0 Å². The molecule has 0 bridgehead atoms. The lowest BCUT2D eigenvalue weighted by Crippen LogP contribution is -2.42. The molecular formula is C18H44N2O6S6Si2. The molecule has 8 nitrogen and oxygen atoms in total. The Morgan fingerprint density at radius 2 is 0.882 bits per heavy atom. The molecule has 0 fully saturated rings. The van der Waals surface area contributed by atoms with E-state index in [1.165, 1.54) is 31.3 Å². The number of hydrogen-bond donors (Lipinski definition) is 2. The molecule has 0 N–H and O–H groups in total. The summed E-state index contributed by atoms with van der Waals surface area (Å²) in [6.07, 6.45) is 2.01. The molecule has 0 saturated carbocycles. The van der Waals surface area contributed by atoms with Crippen molar-refractivity contribution in [2.45, 2.75) is 24.9 Å². The van der Waals surface area contributed by atoms with E-state index >= 15 is 0 Å². The summed E-state index contributed by atoms with van der Waals surface area (Å²) >= 11 is 2.62. The molecule has 0 spiro atoms. The molecule has 34 heavy (non-hydrogen) atoms. The second-order valence-corrected chi connectivity index (χ2v) is 22.0. The lowest BCUT2D eigenvalue weighted by atomic mass is 10.6. The van der Waals surface area contributed by atoms with E-state index < -0.39 is 17.6 Å². The molecule has 0 atom stereocenters. The zero-order chi connectivity index (χ0) is 26.0. The van der Waals surface area contributed by atoms with Gasteiger partial charge in [-0.05, 0) is 93.8 Å². The van der Waals surface area contributed by atoms with E-state index in [1.807, 2.05) is 41.2 Å². The Hall–Kier alpha value is 1.95. The van der Waals surface area contributed by atoms with Crippen molar-refractivity contribution >= 4 is 90.2 Å². The van der Waals surface area contributed by atoms with Gasteiger partial charge in [0.15, 0.2) is 0 Å². The van der Waals surface area contributed by atoms with Crippen molar-refractivity contribution in [3.8, 4) is 0 Å². The summed E-state index contributed by atoms with van der Waals surface area (Å²) < 4.78 is 35.8. The van der Waals surface area contributed by atoms with Crippen molar-refractivity contribution in [1.82, 2.24) is 9.80 Å². The molecule has 0 aromatic carbocycles. The second-order valence-electron chi connectivity index (χ2n) is 7.22. The first-order chi connectivity index (χ1) is 16.2. The highest BCUT2D eigenvalue weighted by Gasteiger charge is 2.37. The van der Waals surface area contributed by atoms with Crippen LogP contribution in [0.15, 0.2) is 0 Å². The number of thiol groups is 2.